The number of rotatable bonds is 7. The van der Waals surface area contributed by atoms with E-state index in [2.05, 4.69) is 25.2 Å². The molecule has 1 atom stereocenters. The van der Waals surface area contributed by atoms with E-state index < -0.39 is 17.9 Å². The lowest BCUT2D eigenvalue weighted by molar-refractivity contribution is 0.0377. The number of hydrogen-bond acceptors (Lipinski definition) is 8. The molecular formula is C26H28F2N6O3. The molecule has 3 N–H and O–H groups in total. The van der Waals surface area contributed by atoms with Crippen LogP contribution in [0.5, 0.6) is 11.6 Å². The van der Waals surface area contributed by atoms with Crippen LogP contribution in [0.15, 0.2) is 42.7 Å². The van der Waals surface area contributed by atoms with Crippen molar-refractivity contribution in [1.82, 2.24) is 19.9 Å². The fourth-order valence-electron chi connectivity index (χ4n) is 4.30. The van der Waals surface area contributed by atoms with Gasteiger partial charge in [-0.1, -0.05) is 6.07 Å². The highest BCUT2D eigenvalue weighted by Crippen LogP contribution is 2.38. The van der Waals surface area contributed by atoms with Crippen molar-refractivity contribution in [1.29, 1.82) is 0 Å². The molecule has 2 aromatic carbocycles. The Hall–Kier alpha value is -3.80. The number of fused-ring (bicyclic) bond motifs is 1. The minimum absolute atomic E-state index is 0.0566. The zero-order valence-corrected chi connectivity index (χ0v) is 20.8. The molecule has 1 unspecified atom stereocenters. The van der Waals surface area contributed by atoms with Gasteiger partial charge in [0.15, 0.2) is 17.4 Å². The van der Waals surface area contributed by atoms with E-state index in [-0.39, 0.29) is 33.9 Å². The average molecular weight is 511 g/mol. The molecule has 0 amide bonds. The highest BCUT2D eigenvalue weighted by atomic mass is 19.1. The molecule has 11 heteroatoms. The number of benzene rings is 2. The van der Waals surface area contributed by atoms with Gasteiger partial charge < -0.3 is 29.8 Å². The fourth-order valence-corrected chi connectivity index (χ4v) is 4.30. The van der Waals surface area contributed by atoms with Gasteiger partial charge in [0.25, 0.3) is 0 Å². The number of hydrogen-bond donors (Lipinski definition) is 3. The molecule has 194 valence electrons. The summed E-state index contributed by atoms with van der Waals surface area (Å²) in [5.74, 6) is -1.59. The summed E-state index contributed by atoms with van der Waals surface area (Å²) in [4.78, 5) is 15.0. The highest BCUT2D eigenvalue weighted by molar-refractivity contribution is 5.83. The fraction of sp³-hybridized carbons (Fsp3) is 0.308. The van der Waals surface area contributed by atoms with Crippen LogP contribution in [0.2, 0.25) is 0 Å². The maximum absolute atomic E-state index is 15.3. The van der Waals surface area contributed by atoms with E-state index in [1.165, 1.54) is 17.3 Å². The molecule has 1 fully saturated rings. The molecule has 0 saturated carbocycles. The molecule has 0 bridgehead atoms. The quantitative estimate of drug-likeness (QED) is 0.313. The first kappa shape index (κ1) is 24.9. The molecule has 1 aliphatic heterocycles. The number of anilines is 3. The van der Waals surface area contributed by atoms with E-state index in [1.807, 2.05) is 24.3 Å². The average Bonchev–Trinajstić information content (AvgIpc) is 3.30. The lowest BCUT2D eigenvalue weighted by Gasteiger charge is -2.29. The van der Waals surface area contributed by atoms with Gasteiger partial charge in [0, 0.05) is 41.6 Å². The van der Waals surface area contributed by atoms with Gasteiger partial charge in [0.2, 0.25) is 5.88 Å². The minimum Gasteiger partial charge on any atom is -0.435 e. The molecule has 1 aliphatic rings. The third-order valence-electron chi connectivity index (χ3n) is 6.19. The summed E-state index contributed by atoms with van der Waals surface area (Å²) in [7, 11) is 3.33. The van der Waals surface area contributed by atoms with Crippen LogP contribution in [-0.2, 0) is 4.74 Å². The molecule has 2 aromatic heterocycles. The van der Waals surface area contributed by atoms with Gasteiger partial charge >= 0.3 is 0 Å². The van der Waals surface area contributed by atoms with Crippen molar-refractivity contribution in [3.05, 3.63) is 65.6 Å². The second-order valence-electron chi connectivity index (χ2n) is 9.07. The Morgan fingerprint density at radius 1 is 1.16 bits per heavy atom. The van der Waals surface area contributed by atoms with Crippen LogP contribution in [0, 0.1) is 18.6 Å². The van der Waals surface area contributed by atoms with E-state index in [4.69, 9.17) is 9.47 Å². The van der Waals surface area contributed by atoms with Gasteiger partial charge in [0.1, 0.15) is 23.9 Å². The summed E-state index contributed by atoms with van der Waals surface area (Å²) in [5, 5.41) is 14.3. The zero-order chi connectivity index (χ0) is 26.1. The van der Waals surface area contributed by atoms with Crippen LogP contribution >= 0.6 is 0 Å². The number of aryl methyl sites for hydroxylation is 1. The van der Waals surface area contributed by atoms with Crippen molar-refractivity contribution < 1.29 is 23.4 Å². The third-order valence-corrected chi connectivity index (χ3v) is 6.19. The maximum Gasteiger partial charge on any atom is 0.231 e. The maximum atomic E-state index is 15.3. The second kappa shape index (κ2) is 10.3. The molecule has 4 aromatic rings. The minimum atomic E-state index is -1.20. The van der Waals surface area contributed by atoms with Gasteiger partial charge in [-0.15, -0.1) is 0 Å². The normalized spacial score (nSPS) is 14.8. The number of H-pyrrole nitrogens is 1. The predicted octanol–water partition coefficient (Wildman–Crippen LogP) is 4.47. The lowest BCUT2D eigenvalue weighted by atomic mass is 10.2. The topological polar surface area (TPSA) is 98.8 Å². The van der Waals surface area contributed by atoms with E-state index >= 15 is 4.39 Å². The second-order valence-corrected chi connectivity index (χ2v) is 9.07. The Morgan fingerprint density at radius 3 is 2.70 bits per heavy atom. The SMILES string of the molecule is Cc1cc2c(F)c(Oc3ncnc(Nc4cccc(N5CCOCC5)c4)c3C(O)N(C)C)cc(F)c2[nH]1. The number of halogens is 2. The summed E-state index contributed by atoms with van der Waals surface area (Å²) >= 11 is 0. The van der Waals surface area contributed by atoms with E-state index in [1.54, 1.807) is 21.0 Å². The molecule has 0 spiro atoms. The Balaban J connectivity index is 1.52. The van der Waals surface area contributed by atoms with Crippen LogP contribution in [0.3, 0.4) is 0 Å². The van der Waals surface area contributed by atoms with Crippen molar-refractivity contribution in [3.8, 4) is 11.6 Å². The Morgan fingerprint density at radius 2 is 1.95 bits per heavy atom. The number of aliphatic hydroxyl groups excluding tert-OH is 1. The van der Waals surface area contributed by atoms with Crippen molar-refractivity contribution in [3.63, 3.8) is 0 Å². The molecule has 1 saturated heterocycles. The molecule has 9 nitrogen and oxygen atoms in total. The summed E-state index contributed by atoms with van der Waals surface area (Å²) in [6, 6.07) is 10.2. The number of aromatic nitrogens is 3. The van der Waals surface area contributed by atoms with Gasteiger partial charge in [0.05, 0.1) is 18.7 Å². The molecule has 0 aliphatic carbocycles. The van der Waals surface area contributed by atoms with Crippen LogP contribution < -0.4 is 15.0 Å². The van der Waals surface area contributed by atoms with Crippen LogP contribution in [0.4, 0.5) is 26.0 Å². The smallest absolute Gasteiger partial charge is 0.231 e. The van der Waals surface area contributed by atoms with Crippen molar-refractivity contribution in [2.45, 2.75) is 13.2 Å². The Labute approximate surface area is 212 Å². The summed E-state index contributed by atoms with van der Waals surface area (Å²) in [6.07, 6.45) is 0.0371. The highest BCUT2D eigenvalue weighted by Gasteiger charge is 2.25. The molecule has 5 rings (SSSR count). The number of nitrogens with zero attached hydrogens (tertiary/aromatic N) is 4. The third kappa shape index (κ3) is 5.06. The molecular weight excluding hydrogens is 482 g/mol. The lowest BCUT2D eigenvalue weighted by Crippen LogP contribution is -2.36. The Kier molecular flexibility index (Phi) is 6.92. The van der Waals surface area contributed by atoms with Crippen LogP contribution in [0.1, 0.15) is 17.5 Å². The Bertz CT molecular complexity index is 1420. The first-order valence-corrected chi connectivity index (χ1v) is 11.9. The van der Waals surface area contributed by atoms with E-state index in [0.717, 1.165) is 30.5 Å². The van der Waals surface area contributed by atoms with Gasteiger partial charge in [-0.2, -0.15) is 0 Å². The monoisotopic (exact) mass is 510 g/mol. The van der Waals surface area contributed by atoms with Crippen LogP contribution in [0.25, 0.3) is 10.9 Å². The summed E-state index contributed by atoms with van der Waals surface area (Å²) < 4.78 is 41.2. The number of aromatic amines is 1. The first-order chi connectivity index (χ1) is 17.8. The number of aliphatic hydroxyl groups is 1. The summed E-state index contributed by atoms with van der Waals surface area (Å²) in [5.41, 5.74) is 2.58. The summed E-state index contributed by atoms with van der Waals surface area (Å²) in [6.45, 7) is 4.60. The van der Waals surface area contributed by atoms with Crippen molar-refractivity contribution >= 4 is 28.1 Å². The molecule has 0 radical (unpaired) electrons. The van der Waals surface area contributed by atoms with Crippen molar-refractivity contribution in [2.75, 3.05) is 50.6 Å². The van der Waals surface area contributed by atoms with Crippen LogP contribution in [-0.4, -0.2) is 65.4 Å². The zero-order valence-electron chi connectivity index (χ0n) is 20.8. The number of morpholine rings is 1. The van der Waals surface area contributed by atoms with Crippen molar-refractivity contribution in [2.24, 2.45) is 0 Å². The predicted molar refractivity (Wildman–Crippen MR) is 136 cm³/mol. The standard InChI is InChI=1S/C26H28F2N6O3/c1-15-11-18-22(28)20(13-19(27)23(18)31-15)37-25-21(26(35)33(2)3)24(29-14-30-25)32-16-5-4-6-17(12-16)34-7-9-36-10-8-34/h4-6,11-14,26,31,35H,7-10H2,1-3H3,(H,29,30,32). The van der Waals surface area contributed by atoms with Gasteiger partial charge in [-0.05, 0) is 45.3 Å². The van der Waals surface area contributed by atoms with Gasteiger partial charge in [-0.25, -0.2) is 18.7 Å². The number of nitrogens with one attached hydrogen (secondary N) is 2. The molecule has 3 heterocycles. The van der Waals surface area contributed by atoms with E-state index in [9.17, 15) is 9.50 Å². The first-order valence-electron chi connectivity index (χ1n) is 11.9. The van der Waals surface area contributed by atoms with E-state index in [0.29, 0.717) is 18.9 Å². The van der Waals surface area contributed by atoms with Gasteiger partial charge in [-0.3, -0.25) is 4.90 Å². The largest absolute Gasteiger partial charge is 0.435 e. The number of ether oxygens (including phenoxy) is 2. The molecule has 37 heavy (non-hydrogen) atoms.